The molecule has 194 valence electrons. The fourth-order valence-electron chi connectivity index (χ4n) is 4.68. The first-order valence-electron chi connectivity index (χ1n) is 12.5. The van der Waals surface area contributed by atoms with Crippen molar-refractivity contribution in [2.75, 3.05) is 30.3 Å². The van der Waals surface area contributed by atoms with Crippen LogP contribution in [0.2, 0.25) is 0 Å². The summed E-state index contributed by atoms with van der Waals surface area (Å²) >= 11 is 0. The highest BCUT2D eigenvalue weighted by molar-refractivity contribution is 5.96. The van der Waals surface area contributed by atoms with E-state index in [1.807, 2.05) is 34.0 Å². The fraction of sp³-hybridized carbons (Fsp3) is 0.440. The van der Waals surface area contributed by atoms with Crippen LogP contribution >= 0.6 is 0 Å². The number of nitrogens with one attached hydrogen (secondary N) is 3. The van der Waals surface area contributed by atoms with Crippen molar-refractivity contribution in [2.45, 2.75) is 39.7 Å². The van der Waals surface area contributed by atoms with Crippen LogP contribution in [0.4, 0.5) is 23.3 Å². The highest BCUT2D eigenvalue weighted by atomic mass is 16.1. The quantitative estimate of drug-likeness (QED) is 0.332. The Labute approximate surface area is 215 Å². The van der Waals surface area contributed by atoms with E-state index in [4.69, 9.17) is 0 Å². The maximum absolute atomic E-state index is 12.8. The van der Waals surface area contributed by atoms with Crippen LogP contribution in [0.25, 0.3) is 11.0 Å². The minimum atomic E-state index is -0.141. The molecule has 0 saturated carbocycles. The highest BCUT2D eigenvalue weighted by Gasteiger charge is 2.20. The van der Waals surface area contributed by atoms with Gasteiger partial charge in [0.2, 0.25) is 5.95 Å². The first-order chi connectivity index (χ1) is 17.8. The number of hydrogen-bond acceptors (Lipinski definition) is 9. The first-order valence-corrected chi connectivity index (χ1v) is 12.5. The van der Waals surface area contributed by atoms with Gasteiger partial charge >= 0.3 is 0 Å². The van der Waals surface area contributed by atoms with E-state index in [9.17, 15) is 4.79 Å². The van der Waals surface area contributed by atoms with Crippen molar-refractivity contribution in [1.29, 1.82) is 0 Å². The summed E-state index contributed by atoms with van der Waals surface area (Å²) in [5.41, 5.74) is 3.52. The van der Waals surface area contributed by atoms with Gasteiger partial charge in [-0.1, -0.05) is 0 Å². The third-order valence-corrected chi connectivity index (χ3v) is 6.80. The lowest BCUT2D eigenvalue weighted by atomic mass is 10.2. The van der Waals surface area contributed by atoms with Crippen molar-refractivity contribution in [2.24, 2.45) is 14.1 Å². The number of rotatable bonds is 8. The van der Waals surface area contributed by atoms with Gasteiger partial charge in [-0.15, -0.1) is 0 Å². The van der Waals surface area contributed by atoms with Crippen LogP contribution in [0, 0.1) is 13.8 Å². The lowest BCUT2D eigenvalue weighted by molar-refractivity contribution is 0.0947. The van der Waals surface area contributed by atoms with E-state index in [0.29, 0.717) is 41.3 Å². The smallest absolute Gasteiger partial charge is 0.252 e. The SMILES string of the molecule is Cc1cc(Nc2ncc3c(Nc4cc(C(=O)NCCN5CCC[C@@H]5C)cnc4C)nn(C)c3n2)n(C)n1. The van der Waals surface area contributed by atoms with Gasteiger partial charge in [-0.3, -0.25) is 19.4 Å². The number of carbonyl (C=O) groups excluding carboxylic acids is 1. The molecule has 5 rings (SSSR count). The average Bonchev–Trinajstić information content (AvgIpc) is 3.52. The third kappa shape index (κ3) is 5.24. The summed E-state index contributed by atoms with van der Waals surface area (Å²) in [6.45, 7) is 8.61. The van der Waals surface area contributed by atoms with Gasteiger partial charge in [0.1, 0.15) is 5.82 Å². The topological polar surface area (TPSA) is 131 Å². The average molecular weight is 504 g/mol. The van der Waals surface area contributed by atoms with Gasteiger partial charge in [0.15, 0.2) is 11.5 Å². The van der Waals surface area contributed by atoms with Gasteiger partial charge < -0.3 is 16.0 Å². The second-order valence-electron chi connectivity index (χ2n) is 9.59. The Morgan fingerprint density at radius 1 is 1.08 bits per heavy atom. The molecule has 12 heteroatoms. The molecule has 0 radical (unpaired) electrons. The molecule has 0 spiro atoms. The largest absolute Gasteiger partial charge is 0.351 e. The van der Waals surface area contributed by atoms with E-state index in [1.54, 1.807) is 27.8 Å². The molecule has 1 aliphatic rings. The molecule has 0 aromatic carbocycles. The van der Waals surface area contributed by atoms with Crippen molar-refractivity contribution in [3.05, 3.63) is 41.5 Å². The summed E-state index contributed by atoms with van der Waals surface area (Å²) in [4.78, 5) is 28.7. The molecule has 5 heterocycles. The van der Waals surface area contributed by atoms with Gasteiger partial charge in [-0.2, -0.15) is 15.2 Å². The number of aryl methyl sites for hydroxylation is 4. The van der Waals surface area contributed by atoms with E-state index in [1.165, 1.54) is 12.8 Å². The Bertz CT molecular complexity index is 1440. The molecular formula is C25H33N11O. The molecule has 12 nitrogen and oxygen atoms in total. The van der Waals surface area contributed by atoms with Crippen LogP contribution < -0.4 is 16.0 Å². The van der Waals surface area contributed by atoms with Crippen molar-refractivity contribution in [3.63, 3.8) is 0 Å². The second-order valence-corrected chi connectivity index (χ2v) is 9.59. The minimum absolute atomic E-state index is 0.141. The van der Waals surface area contributed by atoms with Gasteiger partial charge in [-0.25, -0.2) is 9.67 Å². The molecule has 1 atom stereocenters. The summed E-state index contributed by atoms with van der Waals surface area (Å²) in [6, 6.07) is 4.31. The Balaban J connectivity index is 1.30. The molecule has 4 aromatic heterocycles. The normalized spacial score (nSPS) is 15.9. The molecule has 0 bridgehead atoms. The Morgan fingerprint density at radius 3 is 2.65 bits per heavy atom. The zero-order chi connectivity index (χ0) is 26.1. The lowest BCUT2D eigenvalue weighted by Gasteiger charge is -2.20. The van der Waals surface area contributed by atoms with Crippen LogP contribution in [0.15, 0.2) is 24.5 Å². The van der Waals surface area contributed by atoms with Crippen LogP contribution in [0.5, 0.6) is 0 Å². The number of hydrogen-bond donors (Lipinski definition) is 3. The molecule has 4 aromatic rings. The zero-order valence-electron chi connectivity index (χ0n) is 21.9. The van der Waals surface area contributed by atoms with Crippen molar-refractivity contribution in [3.8, 4) is 0 Å². The molecule has 3 N–H and O–H groups in total. The predicted molar refractivity (Wildman–Crippen MR) is 142 cm³/mol. The summed E-state index contributed by atoms with van der Waals surface area (Å²) in [5, 5.41) is 19.2. The monoisotopic (exact) mass is 503 g/mol. The number of fused-ring (bicyclic) bond motifs is 1. The summed E-state index contributed by atoms with van der Waals surface area (Å²) in [5.74, 6) is 1.69. The molecule has 37 heavy (non-hydrogen) atoms. The van der Waals surface area contributed by atoms with Gasteiger partial charge in [-0.05, 0) is 46.2 Å². The molecular weight excluding hydrogens is 470 g/mol. The van der Waals surface area contributed by atoms with E-state index in [-0.39, 0.29) is 5.91 Å². The van der Waals surface area contributed by atoms with Crippen molar-refractivity contribution >= 4 is 40.2 Å². The van der Waals surface area contributed by atoms with E-state index in [0.717, 1.165) is 35.7 Å². The molecule has 1 amide bonds. The molecule has 1 aliphatic heterocycles. The number of carbonyl (C=O) groups is 1. The van der Waals surface area contributed by atoms with E-state index >= 15 is 0 Å². The highest BCUT2D eigenvalue weighted by Crippen LogP contribution is 2.27. The number of nitrogens with zero attached hydrogens (tertiary/aromatic N) is 8. The molecule has 1 saturated heterocycles. The maximum atomic E-state index is 12.8. The Morgan fingerprint density at radius 2 is 1.92 bits per heavy atom. The van der Waals surface area contributed by atoms with Crippen LogP contribution in [-0.4, -0.2) is 71.0 Å². The first kappa shape index (κ1) is 24.6. The number of likely N-dealkylation sites (tertiary alicyclic amines) is 1. The molecule has 0 unspecified atom stereocenters. The summed E-state index contributed by atoms with van der Waals surface area (Å²) in [6.07, 6.45) is 5.77. The van der Waals surface area contributed by atoms with Crippen LogP contribution in [0.3, 0.4) is 0 Å². The second kappa shape index (κ2) is 10.1. The number of anilines is 4. The minimum Gasteiger partial charge on any atom is -0.351 e. The van der Waals surface area contributed by atoms with Gasteiger partial charge in [0.05, 0.1) is 28.0 Å². The third-order valence-electron chi connectivity index (χ3n) is 6.80. The molecule has 1 fully saturated rings. The molecule has 0 aliphatic carbocycles. The number of amides is 1. The van der Waals surface area contributed by atoms with Crippen LogP contribution in [0.1, 0.15) is 41.5 Å². The summed E-state index contributed by atoms with van der Waals surface area (Å²) < 4.78 is 3.43. The van der Waals surface area contributed by atoms with E-state index in [2.05, 4.69) is 52.9 Å². The Hall–Kier alpha value is -4.06. The number of aromatic nitrogens is 7. The van der Waals surface area contributed by atoms with E-state index < -0.39 is 0 Å². The van der Waals surface area contributed by atoms with Gasteiger partial charge in [0, 0.05) is 51.7 Å². The van der Waals surface area contributed by atoms with Crippen molar-refractivity contribution < 1.29 is 4.79 Å². The number of pyridine rings is 1. The lowest BCUT2D eigenvalue weighted by Crippen LogP contribution is -2.36. The summed E-state index contributed by atoms with van der Waals surface area (Å²) in [7, 11) is 3.69. The van der Waals surface area contributed by atoms with Crippen LogP contribution in [-0.2, 0) is 14.1 Å². The maximum Gasteiger partial charge on any atom is 0.252 e. The fourth-order valence-corrected chi connectivity index (χ4v) is 4.68. The zero-order valence-corrected chi connectivity index (χ0v) is 21.9. The van der Waals surface area contributed by atoms with Crippen molar-refractivity contribution in [1.82, 2.24) is 44.7 Å². The van der Waals surface area contributed by atoms with Gasteiger partial charge in [0.25, 0.3) is 5.91 Å². The Kier molecular flexibility index (Phi) is 6.74. The standard InChI is InChI=1S/C25H33N11O/c1-15-11-21(34(4)32-15)30-25-28-14-19-22(33-35(5)23(19)31-25)29-20-12-18(13-27-17(20)3)24(37)26-8-10-36-9-6-7-16(36)2/h11-14,16H,6-10H2,1-5H3,(H,26,37)(H,29,33)(H,28,30,31)/t16-/m0/s1. The predicted octanol–water partition coefficient (Wildman–Crippen LogP) is 2.81.